The second-order valence-electron chi connectivity index (χ2n) is 4.89. The molecule has 2 rings (SSSR count). The molecule has 2 aromatic carbocycles. The van der Waals surface area contributed by atoms with E-state index in [1.54, 1.807) is 30.3 Å². The van der Waals surface area contributed by atoms with E-state index in [4.69, 9.17) is 15.2 Å². The Labute approximate surface area is 136 Å². The van der Waals surface area contributed by atoms with Crippen molar-refractivity contribution in [2.24, 2.45) is 0 Å². The zero-order valence-electron chi connectivity index (χ0n) is 13.4. The first-order chi connectivity index (χ1) is 11.1. The largest absolute Gasteiger partial charge is 0.494 e. The number of benzene rings is 2. The maximum absolute atomic E-state index is 12.2. The van der Waals surface area contributed by atoms with E-state index in [-0.39, 0.29) is 5.78 Å². The van der Waals surface area contributed by atoms with E-state index in [0.29, 0.717) is 30.2 Å². The van der Waals surface area contributed by atoms with Crippen molar-refractivity contribution in [1.82, 2.24) is 0 Å². The number of rotatable bonds is 7. The highest BCUT2D eigenvalue weighted by molar-refractivity contribution is 6.07. The molecule has 2 N–H and O–H groups in total. The van der Waals surface area contributed by atoms with Gasteiger partial charge in [0.15, 0.2) is 5.78 Å². The van der Waals surface area contributed by atoms with Crippen LogP contribution in [-0.2, 0) is 0 Å². The second-order valence-corrected chi connectivity index (χ2v) is 4.89. The Balaban J connectivity index is 2.20. The molecular weight excluding hydrogens is 290 g/mol. The first-order valence-corrected chi connectivity index (χ1v) is 7.61. The summed E-state index contributed by atoms with van der Waals surface area (Å²) in [6.07, 6.45) is 3.28. The van der Waals surface area contributed by atoms with Crippen LogP contribution >= 0.6 is 0 Å². The average molecular weight is 311 g/mol. The minimum absolute atomic E-state index is 0.0821. The summed E-state index contributed by atoms with van der Waals surface area (Å²) in [5.74, 6) is 1.36. The summed E-state index contributed by atoms with van der Waals surface area (Å²) >= 11 is 0. The summed E-state index contributed by atoms with van der Waals surface area (Å²) in [6.45, 7) is 4.98. The third kappa shape index (κ3) is 4.61. The molecule has 0 amide bonds. The highest BCUT2D eigenvalue weighted by atomic mass is 16.5. The number of carbonyl (C=O) groups is 1. The van der Waals surface area contributed by atoms with Gasteiger partial charge in [0.2, 0.25) is 0 Å². The van der Waals surface area contributed by atoms with Crippen molar-refractivity contribution in [3.63, 3.8) is 0 Å². The van der Waals surface area contributed by atoms with Crippen LogP contribution in [0.4, 0.5) is 5.69 Å². The van der Waals surface area contributed by atoms with Gasteiger partial charge in [0.1, 0.15) is 11.5 Å². The van der Waals surface area contributed by atoms with E-state index in [1.165, 1.54) is 6.08 Å². The van der Waals surface area contributed by atoms with Crippen LogP contribution in [0, 0.1) is 0 Å². The van der Waals surface area contributed by atoms with Crippen molar-refractivity contribution < 1.29 is 14.3 Å². The molecule has 120 valence electrons. The van der Waals surface area contributed by atoms with Crippen molar-refractivity contribution in [3.05, 3.63) is 59.7 Å². The predicted molar refractivity (Wildman–Crippen MR) is 93.0 cm³/mol. The van der Waals surface area contributed by atoms with E-state index in [1.807, 2.05) is 32.0 Å². The Morgan fingerprint density at radius 3 is 2.39 bits per heavy atom. The Morgan fingerprint density at radius 2 is 1.74 bits per heavy atom. The van der Waals surface area contributed by atoms with E-state index in [0.717, 1.165) is 11.3 Å². The number of ether oxygens (including phenoxy) is 2. The van der Waals surface area contributed by atoms with Crippen molar-refractivity contribution in [2.45, 2.75) is 13.8 Å². The topological polar surface area (TPSA) is 61.5 Å². The standard InChI is InChI=1S/C19H21NO3/c1-3-22-17-11-7-15(19(13-17)23-4-2)8-12-18(21)14-5-9-16(20)10-6-14/h5-13H,3-4,20H2,1-2H3. The molecule has 23 heavy (non-hydrogen) atoms. The fourth-order valence-electron chi connectivity index (χ4n) is 2.10. The SMILES string of the molecule is CCOc1ccc(C=CC(=O)c2ccc(N)cc2)c(OCC)c1. The summed E-state index contributed by atoms with van der Waals surface area (Å²) < 4.78 is 11.1. The van der Waals surface area contributed by atoms with Crippen molar-refractivity contribution in [2.75, 3.05) is 18.9 Å². The van der Waals surface area contributed by atoms with Crippen LogP contribution in [0.2, 0.25) is 0 Å². The Bertz CT molecular complexity index is 690. The molecule has 0 saturated heterocycles. The molecule has 2 aromatic rings. The normalized spacial score (nSPS) is 10.7. The molecule has 0 aliphatic rings. The molecule has 0 aromatic heterocycles. The number of carbonyl (C=O) groups excluding carboxylic acids is 1. The van der Waals surface area contributed by atoms with Gasteiger partial charge in [-0.1, -0.05) is 0 Å². The van der Waals surface area contributed by atoms with Gasteiger partial charge in [0, 0.05) is 22.9 Å². The molecule has 0 saturated carbocycles. The van der Waals surface area contributed by atoms with Gasteiger partial charge < -0.3 is 15.2 Å². The smallest absolute Gasteiger partial charge is 0.185 e. The summed E-state index contributed by atoms with van der Waals surface area (Å²) in [7, 11) is 0. The molecule has 0 heterocycles. The van der Waals surface area contributed by atoms with Gasteiger partial charge in [-0.2, -0.15) is 0 Å². The second kappa shape index (κ2) is 8.03. The quantitative estimate of drug-likeness (QED) is 0.477. The fraction of sp³-hybridized carbons (Fsp3) is 0.211. The van der Waals surface area contributed by atoms with Crippen LogP contribution in [0.1, 0.15) is 29.8 Å². The van der Waals surface area contributed by atoms with Crippen molar-refractivity contribution >= 4 is 17.5 Å². The molecule has 0 fully saturated rings. The number of hydrogen-bond acceptors (Lipinski definition) is 4. The van der Waals surface area contributed by atoms with Crippen LogP contribution in [0.25, 0.3) is 6.08 Å². The molecule has 0 aliphatic heterocycles. The third-order valence-electron chi connectivity index (χ3n) is 3.21. The van der Waals surface area contributed by atoms with Crippen LogP contribution in [0.15, 0.2) is 48.5 Å². The third-order valence-corrected chi connectivity index (χ3v) is 3.21. The monoisotopic (exact) mass is 311 g/mol. The molecule has 0 unspecified atom stereocenters. The van der Waals surface area contributed by atoms with E-state index >= 15 is 0 Å². The number of ketones is 1. The number of anilines is 1. The predicted octanol–water partition coefficient (Wildman–Crippen LogP) is 3.96. The highest BCUT2D eigenvalue weighted by Gasteiger charge is 2.05. The summed E-state index contributed by atoms with van der Waals surface area (Å²) in [6, 6.07) is 12.4. The zero-order chi connectivity index (χ0) is 16.7. The zero-order valence-corrected chi connectivity index (χ0v) is 13.4. The molecule has 0 radical (unpaired) electrons. The highest BCUT2D eigenvalue weighted by Crippen LogP contribution is 2.26. The lowest BCUT2D eigenvalue weighted by atomic mass is 10.1. The maximum atomic E-state index is 12.2. The van der Waals surface area contributed by atoms with Crippen LogP contribution in [0.5, 0.6) is 11.5 Å². The Morgan fingerprint density at radius 1 is 1.04 bits per heavy atom. The molecule has 4 heteroatoms. The van der Waals surface area contributed by atoms with Gasteiger partial charge in [0.25, 0.3) is 0 Å². The van der Waals surface area contributed by atoms with Gasteiger partial charge in [-0.25, -0.2) is 0 Å². The van der Waals surface area contributed by atoms with Crippen LogP contribution in [-0.4, -0.2) is 19.0 Å². The summed E-state index contributed by atoms with van der Waals surface area (Å²) in [5.41, 5.74) is 7.69. The molecule has 4 nitrogen and oxygen atoms in total. The summed E-state index contributed by atoms with van der Waals surface area (Å²) in [5, 5.41) is 0. The van der Waals surface area contributed by atoms with Crippen LogP contribution < -0.4 is 15.2 Å². The number of nitrogens with two attached hydrogens (primary N) is 1. The Hall–Kier alpha value is -2.75. The average Bonchev–Trinajstić information content (AvgIpc) is 2.55. The first-order valence-electron chi connectivity index (χ1n) is 7.61. The number of nitrogen functional groups attached to an aromatic ring is 1. The van der Waals surface area contributed by atoms with Crippen molar-refractivity contribution in [3.8, 4) is 11.5 Å². The van der Waals surface area contributed by atoms with Gasteiger partial charge in [0.05, 0.1) is 13.2 Å². The minimum atomic E-state index is -0.0821. The molecule has 0 atom stereocenters. The molecular formula is C19H21NO3. The Kier molecular flexibility index (Phi) is 5.80. The molecule has 0 bridgehead atoms. The van der Waals surface area contributed by atoms with Crippen LogP contribution in [0.3, 0.4) is 0 Å². The molecule has 0 spiro atoms. The lowest BCUT2D eigenvalue weighted by Crippen LogP contribution is -1.98. The van der Waals surface area contributed by atoms with Gasteiger partial charge >= 0.3 is 0 Å². The fourth-order valence-corrected chi connectivity index (χ4v) is 2.10. The van der Waals surface area contributed by atoms with Gasteiger partial charge in [-0.3, -0.25) is 4.79 Å². The maximum Gasteiger partial charge on any atom is 0.185 e. The lowest BCUT2D eigenvalue weighted by Gasteiger charge is -2.10. The van der Waals surface area contributed by atoms with E-state index < -0.39 is 0 Å². The minimum Gasteiger partial charge on any atom is -0.494 e. The van der Waals surface area contributed by atoms with Gasteiger partial charge in [-0.15, -0.1) is 0 Å². The molecule has 0 aliphatic carbocycles. The first kappa shape index (κ1) is 16.6. The lowest BCUT2D eigenvalue weighted by molar-refractivity contribution is 0.104. The number of hydrogen-bond donors (Lipinski definition) is 1. The number of allylic oxidation sites excluding steroid dienone is 1. The van der Waals surface area contributed by atoms with Gasteiger partial charge in [-0.05, 0) is 62.4 Å². The van der Waals surface area contributed by atoms with Crippen molar-refractivity contribution in [1.29, 1.82) is 0 Å². The van der Waals surface area contributed by atoms with E-state index in [9.17, 15) is 4.79 Å². The summed E-state index contributed by atoms with van der Waals surface area (Å²) in [4.78, 5) is 12.2. The van der Waals surface area contributed by atoms with E-state index in [2.05, 4.69) is 0 Å².